The van der Waals surface area contributed by atoms with Crippen molar-refractivity contribution in [2.24, 2.45) is 0 Å². The Bertz CT molecular complexity index is 898. The van der Waals surface area contributed by atoms with Crippen LogP contribution in [0.15, 0.2) is 64.6 Å². The molecule has 2 aromatic heterocycles. The quantitative estimate of drug-likeness (QED) is 0.583. The molecule has 3 aromatic rings. The molecule has 0 radical (unpaired) electrons. The highest BCUT2D eigenvalue weighted by Crippen LogP contribution is 2.44. The van der Waals surface area contributed by atoms with Gasteiger partial charge in [0.1, 0.15) is 5.75 Å². The lowest BCUT2D eigenvalue weighted by atomic mass is 10.0. The van der Waals surface area contributed by atoms with Gasteiger partial charge in [-0.05, 0) is 70.6 Å². The monoisotopic (exact) mass is 431 g/mol. The number of hydrogen-bond donors (Lipinski definition) is 2. The van der Waals surface area contributed by atoms with Crippen molar-refractivity contribution >= 4 is 50.3 Å². The Balaban J connectivity index is 1.81. The molecule has 1 aromatic carbocycles. The molecule has 0 aliphatic carbocycles. The molecule has 1 fully saturated rings. The van der Waals surface area contributed by atoms with E-state index in [9.17, 15) is 5.11 Å². The van der Waals surface area contributed by atoms with Crippen molar-refractivity contribution in [2.45, 2.75) is 12.1 Å². The number of benzene rings is 1. The van der Waals surface area contributed by atoms with Gasteiger partial charge in [0.05, 0.1) is 17.8 Å². The predicted octanol–water partition coefficient (Wildman–Crippen LogP) is 4.79. The summed E-state index contributed by atoms with van der Waals surface area (Å²) in [5, 5.41) is 15.7. The summed E-state index contributed by atoms with van der Waals surface area (Å²) in [4.78, 5) is 7.80. The average molecular weight is 432 g/mol. The molecular formula is C18H14BrN3OS2. The molecule has 0 spiro atoms. The summed E-state index contributed by atoms with van der Waals surface area (Å²) in [7, 11) is 0. The summed E-state index contributed by atoms with van der Waals surface area (Å²) >= 11 is 10.9. The lowest BCUT2D eigenvalue weighted by molar-refractivity contribution is 0.475. The topological polar surface area (TPSA) is 48.4 Å². The Morgan fingerprint density at radius 2 is 2.00 bits per heavy atom. The van der Waals surface area contributed by atoms with Crippen LogP contribution < -0.4 is 10.2 Å². The number of aromatic hydroxyl groups is 1. The van der Waals surface area contributed by atoms with Crippen LogP contribution in [0.1, 0.15) is 22.7 Å². The van der Waals surface area contributed by atoms with Gasteiger partial charge in [-0.1, -0.05) is 6.07 Å². The minimum atomic E-state index is -0.0481. The molecule has 1 aliphatic rings. The van der Waals surface area contributed by atoms with Crippen LogP contribution in [0.25, 0.3) is 0 Å². The molecule has 2 atom stereocenters. The van der Waals surface area contributed by atoms with Crippen LogP contribution in [0, 0.1) is 0 Å². The number of nitrogens with one attached hydrogen (secondary N) is 1. The number of aromatic nitrogens is 1. The number of thiophene rings is 1. The fraction of sp³-hybridized carbons (Fsp3) is 0.111. The highest BCUT2D eigenvalue weighted by atomic mass is 79.9. The maximum atomic E-state index is 9.60. The minimum absolute atomic E-state index is 0.0109. The SMILES string of the molecule is Oc1ccc(N2C(=S)NC(c3ccccn3)C2c2cc(Br)cs2)cc1. The third-order valence-electron chi connectivity index (χ3n) is 4.11. The molecule has 1 saturated heterocycles. The Hall–Kier alpha value is -1.96. The number of phenols is 1. The lowest BCUT2D eigenvalue weighted by Crippen LogP contribution is -2.28. The first kappa shape index (κ1) is 16.5. The van der Waals surface area contributed by atoms with E-state index in [2.05, 4.69) is 42.6 Å². The summed E-state index contributed by atoms with van der Waals surface area (Å²) in [5.41, 5.74) is 1.88. The Kier molecular flexibility index (Phi) is 4.45. The van der Waals surface area contributed by atoms with Gasteiger partial charge in [-0.25, -0.2) is 0 Å². The van der Waals surface area contributed by atoms with E-state index < -0.39 is 0 Å². The standard InChI is InChI=1S/C18H14BrN3OS2/c19-11-9-15(25-10-11)17-16(14-3-1-2-8-20-14)21-18(24)22(17)12-4-6-13(23)7-5-12/h1-10,16-17,23H,(H,21,24). The van der Waals surface area contributed by atoms with Crippen LogP contribution in [0.4, 0.5) is 5.69 Å². The van der Waals surface area contributed by atoms with Gasteiger partial charge >= 0.3 is 0 Å². The molecule has 25 heavy (non-hydrogen) atoms. The summed E-state index contributed by atoms with van der Waals surface area (Å²) in [6.45, 7) is 0. The summed E-state index contributed by atoms with van der Waals surface area (Å²) in [6.07, 6.45) is 1.80. The van der Waals surface area contributed by atoms with Gasteiger partial charge in [0, 0.05) is 26.6 Å². The molecule has 7 heteroatoms. The van der Waals surface area contributed by atoms with Crippen molar-refractivity contribution in [1.29, 1.82) is 0 Å². The fourth-order valence-corrected chi connectivity index (χ4v) is 4.94. The van der Waals surface area contributed by atoms with Crippen LogP contribution in [0.3, 0.4) is 0 Å². The number of anilines is 1. The molecule has 4 rings (SSSR count). The fourth-order valence-electron chi connectivity index (χ4n) is 3.02. The van der Waals surface area contributed by atoms with Crippen LogP contribution in [0.2, 0.25) is 0 Å². The van der Waals surface area contributed by atoms with Crippen molar-refractivity contribution in [3.05, 3.63) is 75.2 Å². The van der Waals surface area contributed by atoms with E-state index in [1.165, 1.54) is 4.88 Å². The molecule has 4 nitrogen and oxygen atoms in total. The molecule has 3 heterocycles. The van der Waals surface area contributed by atoms with E-state index in [1.54, 1.807) is 29.7 Å². The van der Waals surface area contributed by atoms with Gasteiger partial charge in [-0.2, -0.15) is 0 Å². The number of nitrogens with zero attached hydrogens (tertiary/aromatic N) is 2. The minimum Gasteiger partial charge on any atom is -0.508 e. The van der Waals surface area contributed by atoms with Gasteiger partial charge in [-0.15, -0.1) is 11.3 Å². The molecule has 0 saturated carbocycles. The third-order valence-corrected chi connectivity index (χ3v) is 6.18. The second-order valence-corrected chi connectivity index (χ2v) is 7.93. The molecule has 126 valence electrons. The van der Waals surface area contributed by atoms with Gasteiger partial charge < -0.3 is 15.3 Å². The molecule has 0 bridgehead atoms. The number of thiocarbonyl (C=S) groups is 1. The zero-order valence-electron chi connectivity index (χ0n) is 13.0. The van der Waals surface area contributed by atoms with Crippen molar-refractivity contribution in [1.82, 2.24) is 10.3 Å². The maximum Gasteiger partial charge on any atom is 0.174 e. The largest absolute Gasteiger partial charge is 0.508 e. The van der Waals surface area contributed by atoms with Crippen LogP contribution >= 0.6 is 39.5 Å². The van der Waals surface area contributed by atoms with E-state index in [0.29, 0.717) is 5.11 Å². The maximum absolute atomic E-state index is 9.60. The van der Waals surface area contributed by atoms with Crippen molar-refractivity contribution < 1.29 is 5.11 Å². The summed E-state index contributed by atoms with van der Waals surface area (Å²) < 4.78 is 1.05. The molecular weight excluding hydrogens is 418 g/mol. The first-order chi connectivity index (χ1) is 12.1. The number of rotatable bonds is 3. The second kappa shape index (κ2) is 6.74. The first-order valence-electron chi connectivity index (χ1n) is 7.67. The number of hydrogen-bond acceptors (Lipinski definition) is 4. The van der Waals surface area contributed by atoms with Gasteiger partial charge in [-0.3, -0.25) is 4.98 Å². The van der Waals surface area contributed by atoms with Crippen LogP contribution in [-0.4, -0.2) is 15.2 Å². The van der Waals surface area contributed by atoms with E-state index in [-0.39, 0.29) is 17.8 Å². The average Bonchev–Trinajstić information content (AvgIpc) is 3.20. The number of phenolic OH excluding ortho intramolecular Hbond substituents is 1. The highest BCUT2D eigenvalue weighted by Gasteiger charge is 2.41. The Morgan fingerprint density at radius 3 is 2.64 bits per heavy atom. The number of pyridine rings is 1. The van der Waals surface area contributed by atoms with E-state index >= 15 is 0 Å². The van der Waals surface area contributed by atoms with Crippen LogP contribution in [0.5, 0.6) is 5.75 Å². The third kappa shape index (κ3) is 3.15. The predicted molar refractivity (Wildman–Crippen MR) is 108 cm³/mol. The van der Waals surface area contributed by atoms with E-state index in [0.717, 1.165) is 15.9 Å². The number of halogens is 1. The smallest absolute Gasteiger partial charge is 0.174 e. The van der Waals surface area contributed by atoms with Crippen molar-refractivity contribution in [3.8, 4) is 5.75 Å². The molecule has 2 unspecified atom stereocenters. The molecule has 1 aliphatic heterocycles. The lowest BCUT2D eigenvalue weighted by Gasteiger charge is -2.26. The zero-order chi connectivity index (χ0) is 17.4. The van der Waals surface area contributed by atoms with Gasteiger partial charge in [0.15, 0.2) is 5.11 Å². The molecule has 2 N–H and O–H groups in total. The van der Waals surface area contributed by atoms with Gasteiger partial charge in [0.2, 0.25) is 0 Å². The summed E-state index contributed by atoms with van der Waals surface area (Å²) in [6, 6.07) is 15.1. The summed E-state index contributed by atoms with van der Waals surface area (Å²) in [5.74, 6) is 0.235. The van der Waals surface area contributed by atoms with Crippen LogP contribution in [-0.2, 0) is 0 Å². The Labute approximate surface area is 163 Å². The first-order valence-corrected chi connectivity index (χ1v) is 9.75. The van der Waals surface area contributed by atoms with Crippen molar-refractivity contribution in [3.63, 3.8) is 0 Å². The zero-order valence-corrected chi connectivity index (χ0v) is 16.2. The Morgan fingerprint density at radius 1 is 1.20 bits per heavy atom. The van der Waals surface area contributed by atoms with E-state index in [1.807, 2.05) is 30.3 Å². The van der Waals surface area contributed by atoms with Crippen molar-refractivity contribution in [2.75, 3.05) is 4.90 Å². The normalized spacial score (nSPS) is 19.9. The van der Waals surface area contributed by atoms with E-state index in [4.69, 9.17) is 12.2 Å². The highest BCUT2D eigenvalue weighted by molar-refractivity contribution is 9.10. The van der Waals surface area contributed by atoms with Gasteiger partial charge in [0.25, 0.3) is 0 Å². The second-order valence-electron chi connectivity index (χ2n) is 5.68. The molecule has 0 amide bonds.